The Morgan fingerprint density at radius 2 is 2.22 bits per heavy atom. The normalized spacial score (nSPS) is 40.5. The van der Waals surface area contributed by atoms with Crippen LogP contribution in [0, 0.1) is 11.8 Å². The van der Waals surface area contributed by atoms with Crippen LogP contribution in [-0.4, -0.2) is 49.8 Å². The fraction of sp³-hybridized carbons (Fsp3) is 1.00. The summed E-state index contributed by atoms with van der Waals surface area (Å²) >= 11 is 0. The molecule has 3 aliphatic rings. The van der Waals surface area contributed by atoms with E-state index >= 15 is 0 Å². The van der Waals surface area contributed by atoms with Crippen LogP contribution in [-0.2, 0) is 4.74 Å². The van der Waals surface area contributed by atoms with Gasteiger partial charge in [-0.1, -0.05) is 6.92 Å². The zero-order valence-electron chi connectivity index (χ0n) is 11.7. The molecule has 2 aliphatic heterocycles. The quantitative estimate of drug-likeness (QED) is 0.808. The van der Waals surface area contributed by atoms with E-state index in [1.54, 1.807) is 0 Å². The third-order valence-electron chi connectivity index (χ3n) is 5.12. The van der Waals surface area contributed by atoms with Gasteiger partial charge in [-0.15, -0.1) is 0 Å². The number of rotatable bonds is 5. The molecule has 2 heterocycles. The van der Waals surface area contributed by atoms with Crippen LogP contribution in [0.2, 0.25) is 0 Å². The highest BCUT2D eigenvalue weighted by atomic mass is 16.5. The average Bonchev–Trinajstić information content (AvgIpc) is 3.00. The van der Waals surface area contributed by atoms with Crippen LogP contribution in [0.15, 0.2) is 0 Å². The van der Waals surface area contributed by atoms with Crippen molar-refractivity contribution in [3.8, 4) is 0 Å². The van der Waals surface area contributed by atoms with Crippen molar-refractivity contribution in [2.45, 2.75) is 51.1 Å². The van der Waals surface area contributed by atoms with Crippen LogP contribution in [0.4, 0.5) is 0 Å². The molecule has 104 valence electrons. The molecule has 0 aromatic heterocycles. The van der Waals surface area contributed by atoms with Crippen LogP contribution in [0.5, 0.6) is 0 Å². The van der Waals surface area contributed by atoms with Crippen LogP contribution < -0.4 is 5.32 Å². The average molecular weight is 252 g/mol. The summed E-state index contributed by atoms with van der Waals surface area (Å²) in [5, 5.41) is 3.73. The van der Waals surface area contributed by atoms with Gasteiger partial charge in [-0.2, -0.15) is 0 Å². The molecule has 3 heteroatoms. The first-order chi connectivity index (χ1) is 8.86. The van der Waals surface area contributed by atoms with E-state index in [0.29, 0.717) is 12.0 Å². The van der Waals surface area contributed by atoms with Gasteiger partial charge in [-0.25, -0.2) is 0 Å². The summed E-state index contributed by atoms with van der Waals surface area (Å²) in [7, 11) is 0. The predicted molar refractivity (Wildman–Crippen MR) is 73.7 cm³/mol. The van der Waals surface area contributed by atoms with E-state index in [4.69, 9.17) is 4.74 Å². The van der Waals surface area contributed by atoms with E-state index in [0.717, 1.165) is 31.7 Å². The smallest absolute Gasteiger partial charge is 0.0521 e. The number of nitrogens with one attached hydrogen (secondary N) is 1. The number of nitrogens with zero attached hydrogens (tertiary/aromatic N) is 1. The molecule has 0 amide bonds. The molecule has 0 radical (unpaired) electrons. The lowest BCUT2D eigenvalue weighted by Crippen LogP contribution is -2.49. The Balaban J connectivity index is 1.52. The first-order valence-corrected chi connectivity index (χ1v) is 7.92. The number of hydrogen-bond donors (Lipinski definition) is 1. The van der Waals surface area contributed by atoms with Crippen LogP contribution in [0.3, 0.4) is 0 Å². The molecule has 1 saturated carbocycles. The largest absolute Gasteiger partial charge is 0.381 e. The van der Waals surface area contributed by atoms with Crippen molar-refractivity contribution in [1.29, 1.82) is 0 Å². The zero-order valence-corrected chi connectivity index (χ0v) is 11.7. The Morgan fingerprint density at radius 3 is 2.94 bits per heavy atom. The number of hydrogen-bond acceptors (Lipinski definition) is 3. The van der Waals surface area contributed by atoms with E-state index in [2.05, 4.69) is 17.1 Å². The molecule has 2 bridgehead atoms. The van der Waals surface area contributed by atoms with Gasteiger partial charge < -0.3 is 10.1 Å². The minimum absolute atomic E-state index is 0.692. The number of likely N-dealkylation sites (tertiary alicyclic amines) is 1. The lowest BCUT2D eigenvalue weighted by Gasteiger charge is -2.37. The summed E-state index contributed by atoms with van der Waals surface area (Å²) in [6.07, 6.45) is 6.84. The lowest BCUT2D eigenvalue weighted by molar-refractivity contribution is 0.0122. The third kappa shape index (κ3) is 2.73. The Labute approximate surface area is 111 Å². The molecule has 3 rings (SSSR count). The van der Waals surface area contributed by atoms with E-state index in [1.807, 2.05) is 0 Å². The monoisotopic (exact) mass is 252 g/mol. The molecule has 18 heavy (non-hydrogen) atoms. The molecule has 4 unspecified atom stereocenters. The summed E-state index contributed by atoms with van der Waals surface area (Å²) in [6.45, 7) is 7.96. The molecule has 2 saturated heterocycles. The highest BCUT2D eigenvalue weighted by Crippen LogP contribution is 2.38. The van der Waals surface area contributed by atoms with Crippen LogP contribution in [0.25, 0.3) is 0 Å². The van der Waals surface area contributed by atoms with Crippen molar-refractivity contribution < 1.29 is 4.74 Å². The van der Waals surface area contributed by atoms with Gasteiger partial charge in [0.05, 0.1) is 6.61 Å². The van der Waals surface area contributed by atoms with Gasteiger partial charge in [-0.05, 0) is 44.6 Å². The fourth-order valence-corrected chi connectivity index (χ4v) is 4.13. The van der Waals surface area contributed by atoms with Crippen molar-refractivity contribution in [3.63, 3.8) is 0 Å². The summed E-state index contributed by atoms with van der Waals surface area (Å²) < 4.78 is 5.72. The molecule has 3 fully saturated rings. The van der Waals surface area contributed by atoms with Gasteiger partial charge in [0.2, 0.25) is 0 Å². The van der Waals surface area contributed by atoms with Crippen LogP contribution >= 0.6 is 0 Å². The third-order valence-corrected chi connectivity index (χ3v) is 5.12. The summed E-state index contributed by atoms with van der Waals surface area (Å²) in [6, 6.07) is 1.60. The number of ether oxygens (including phenoxy) is 1. The number of piperidine rings is 1. The van der Waals surface area contributed by atoms with Gasteiger partial charge in [-0.3, -0.25) is 4.90 Å². The van der Waals surface area contributed by atoms with Gasteiger partial charge >= 0.3 is 0 Å². The Hall–Kier alpha value is -0.120. The second-order valence-electron chi connectivity index (χ2n) is 6.47. The molecular formula is C15H28N2O. The Bertz CT molecular complexity index is 271. The second kappa shape index (κ2) is 5.89. The minimum Gasteiger partial charge on any atom is -0.381 e. The van der Waals surface area contributed by atoms with Gasteiger partial charge in [0, 0.05) is 37.7 Å². The topological polar surface area (TPSA) is 24.5 Å². The summed E-state index contributed by atoms with van der Waals surface area (Å²) in [4.78, 5) is 2.76. The molecule has 4 atom stereocenters. The Morgan fingerprint density at radius 1 is 1.28 bits per heavy atom. The van der Waals surface area contributed by atoms with Crippen molar-refractivity contribution in [2.75, 3.05) is 32.8 Å². The molecule has 3 nitrogen and oxygen atoms in total. The van der Waals surface area contributed by atoms with Crippen LogP contribution in [0.1, 0.15) is 39.0 Å². The van der Waals surface area contributed by atoms with Crippen molar-refractivity contribution >= 4 is 0 Å². The SMILES string of the molecule is CCCNC1CCOCC1CN1CC2CCC1C2. The maximum Gasteiger partial charge on any atom is 0.0521 e. The highest BCUT2D eigenvalue weighted by Gasteiger charge is 2.39. The van der Waals surface area contributed by atoms with E-state index in [-0.39, 0.29) is 0 Å². The van der Waals surface area contributed by atoms with E-state index < -0.39 is 0 Å². The van der Waals surface area contributed by atoms with Gasteiger partial charge in [0.25, 0.3) is 0 Å². The molecule has 0 spiro atoms. The molecular weight excluding hydrogens is 224 g/mol. The Kier molecular flexibility index (Phi) is 4.22. The summed E-state index contributed by atoms with van der Waals surface area (Å²) in [5.74, 6) is 1.73. The second-order valence-corrected chi connectivity index (χ2v) is 6.47. The maximum atomic E-state index is 5.72. The molecule has 0 aromatic carbocycles. The predicted octanol–water partition coefficient (Wildman–Crippen LogP) is 1.88. The molecule has 1 aliphatic carbocycles. The highest BCUT2D eigenvalue weighted by molar-refractivity contribution is 4.94. The van der Waals surface area contributed by atoms with E-state index in [1.165, 1.54) is 45.2 Å². The lowest BCUT2D eigenvalue weighted by atomic mass is 9.94. The van der Waals surface area contributed by atoms with Gasteiger partial charge in [0.15, 0.2) is 0 Å². The maximum absolute atomic E-state index is 5.72. The van der Waals surface area contributed by atoms with Crippen molar-refractivity contribution in [1.82, 2.24) is 10.2 Å². The number of fused-ring (bicyclic) bond motifs is 2. The standard InChI is InChI=1S/C15H28N2O/c1-2-6-16-15-5-7-18-11-13(15)10-17-9-12-3-4-14(17)8-12/h12-16H,2-11H2,1H3. The first kappa shape index (κ1) is 12.9. The van der Waals surface area contributed by atoms with Gasteiger partial charge in [0.1, 0.15) is 0 Å². The van der Waals surface area contributed by atoms with Crippen molar-refractivity contribution in [2.24, 2.45) is 11.8 Å². The zero-order chi connectivity index (χ0) is 12.4. The van der Waals surface area contributed by atoms with E-state index in [9.17, 15) is 0 Å². The first-order valence-electron chi connectivity index (χ1n) is 7.92. The summed E-state index contributed by atoms with van der Waals surface area (Å²) in [5.41, 5.74) is 0. The molecule has 1 N–H and O–H groups in total. The fourth-order valence-electron chi connectivity index (χ4n) is 4.13. The minimum atomic E-state index is 0.692. The van der Waals surface area contributed by atoms with Crippen molar-refractivity contribution in [3.05, 3.63) is 0 Å². The molecule has 0 aromatic rings.